The Morgan fingerprint density at radius 2 is 1.75 bits per heavy atom. The summed E-state index contributed by atoms with van der Waals surface area (Å²) in [7, 11) is 6.95. The second-order valence-corrected chi connectivity index (χ2v) is 3.32. The van der Waals surface area contributed by atoms with E-state index < -0.39 is 0 Å². The van der Waals surface area contributed by atoms with Gasteiger partial charge < -0.3 is 4.90 Å². The third-order valence-electron chi connectivity index (χ3n) is 1.71. The molecule has 1 nitrogen and oxygen atoms in total. The summed E-state index contributed by atoms with van der Waals surface area (Å²) < 4.78 is 0. The summed E-state index contributed by atoms with van der Waals surface area (Å²) in [5, 5.41) is 0. The maximum absolute atomic E-state index is 2.75. The van der Waals surface area contributed by atoms with Crippen molar-refractivity contribution >= 4 is 9.24 Å². The zero-order valence-corrected chi connectivity index (χ0v) is 7.39. The second kappa shape index (κ2) is 2.80. The lowest BCUT2D eigenvalue weighted by molar-refractivity contribution is 0.224. The van der Waals surface area contributed by atoms with Gasteiger partial charge >= 0.3 is 0 Å². The summed E-state index contributed by atoms with van der Waals surface area (Å²) in [6.45, 7) is 4.44. The van der Waals surface area contributed by atoms with E-state index in [9.17, 15) is 0 Å². The Balaban J connectivity index is 3.71. The number of nitrogens with zero attached hydrogens (tertiary/aromatic N) is 1. The molecular weight excluding hydrogens is 117 g/mol. The van der Waals surface area contributed by atoms with Crippen LogP contribution in [-0.2, 0) is 0 Å². The van der Waals surface area contributed by atoms with E-state index >= 15 is 0 Å². The Hall–Kier alpha value is 0.390. The first-order valence-corrected chi connectivity index (χ1v) is 3.70. The molecule has 0 aromatic heterocycles. The standard InChI is InChI=1S/C6H16NP/c1-6(2,5-8)7(3)4/h5,8H2,1-4H3. The first kappa shape index (κ1) is 8.39. The van der Waals surface area contributed by atoms with Crippen molar-refractivity contribution in [2.24, 2.45) is 0 Å². The maximum atomic E-state index is 2.75. The Morgan fingerprint density at radius 3 is 1.75 bits per heavy atom. The van der Waals surface area contributed by atoms with Gasteiger partial charge in [0.25, 0.3) is 0 Å². The molecule has 1 atom stereocenters. The SMILES string of the molecule is CN(C)C(C)(C)CP. The van der Waals surface area contributed by atoms with Crippen LogP contribution in [-0.4, -0.2) is 30.7 Å². The van der Waals surface area contributed by atoms with Crippen LogP contribution in [0.3, 0.4) is 0 Å². The second-order valence-electron chi connectivity index (χ2n) is 2.91. The van der Waals surface area contributed by atoms with E-state index in [0.717, 1.165) is 6.16 Å². The lowest BCUT2D eigenvalue weighted by atomic mass is 10.1. The normalized spacial score (nSPS) is 12.8. The van der Waals surface area contributed by atoms with E-state index in [1.54, 1.807) is 0 Å². The lowest BCUT2D eigenvalue weighted by Gasteiger charge is -2.30. The van der Waals surface area contributed by atoms with Gasteiger partial charge in [0.2, 0.25) is 0 Å². The van der Waals surface area contributed by atoms with Crippen molar-refractivity contribution in [3.8, 4) is 0 Å². The smallest absolute Gasteiger partial charge is 0.0181 e. The van der Waals surface area contributed by atoms with Crippen molar-refractivity contribution in [1.82, 2.24) is 4.90 Å². The molecule has 0 aliphatic heterocycles. The largest absolute Gasteiger partial charge is 0.304 e. The van der Waals surface area contributed by atoms with E-state index in [-0.39, 0.29) is 0 Å². The highest BCUT2D eigenvalue weighted by Crippen LogP contribution is 2.11. The molecule has 0 saturated heterocycles. The molecule has 2 heteroatoms. The molecule has 0 spiro atoms. The molecule has 0 aliphatic carbocycles. The molecule has 0 aliphatic rings. The Morgan fingerprint density at radius 1 is 1.38 bits per heavy atom. The summed E-state index contributed by atoms with van der Waals surface area (Å²) in [5.74, 6) is 0. The fourth-order valence-corrected chi connectivity index (χ4v) is 0.548. The van der Waals surface area contributed by atoms with Gasteiger partial charge in [0.05, 0.1) is 0 Å². The highest BCUT2D eigenvalue weighted by molar-refractivity contribution is 7.16. The Kier molecular flexibility index (Phi) is 2.93. The maximum Gasteiger partial charge on any atom is 0.0181 e. The summed E-state index contributed by atoms with van der Waals surface area (Å²) in [4.78, 5) is 2.22. The molecule has 0 fully saturated rings. The van der Waals surface area contributed by atoms with Crippen molar-refractivity contribution in [3.05, 3.63) is 0 Å². The predicted molar refractivity (Wildman–Crippen MR) is 42.3 cm³/mol. The van der Waals surface area contributed by atoms with E-state index in [4.69, 9.17) is 0 Å². The molecule has 0 saturated carbocycles. The average Bonchev–Trinajstić information content (AvgIpc) is 1.67. The predicted octanol–water partition coefficient (Wildman–Crippen LogP) is 1.20. The summed E-state index contributed by atoms with van der Waals surface area (Å²) in [6, 6.07) is 0. The molecule has 1 unspecified atom stereocenters. The van der Waals surface area contributed by atoms with Crippen LogP contribution in [0.2, 0.25) is 0 Å². The van der Waals surface area contributed by atoms with Gasteiger partial charge in [-0.3, -0.25) is 0 Å². The van der Waals surface area contributed by atoms with Gasteiger partial charge in [-0.1, -0.05) is 0 Å². The van der Waals surface area contributed by atoms with E-state index in [0.29, 0.717) is 5.54 Å². The van der Waals surface area contributed by atoms with Crippen LogP contribution < -0.4 is 0 Å². The zero-order valence-electron chi connectivity index (χ0n) is 6.23. The molecule has 8 heavy (non-hydrogen) atoms. The van der Waals surface area contributed by atoms with Crippen molar-refractivity contribution in [2.75, 3.05) is 20.3 Å². The van der Waals surface area contributed by atoms with Crippen LogP contribution in [0.25, 0.3) is 0 Å². The first-order chi connectivity index (χ1) is 3.50. The summed E-state index contributed by atoms with van der Waals surface area (Å²) >= 11 is 0. The zero-order chi connectivity index (χ0) is 6.78. The Labute approximate surface area is 54.7 Å². The average molecular weight is 133 g/mol. The minimum Gasteiger partial charge on any atom is -0.304 e. The third kappa shape index (κ3) is 2.11. The van der Waals surface area contributed by atoms with Crippen LogP contribution in [0.15, 0.2) is 0 Å². The van der Waals surface area contributed by atoms with E-state index in [2.05, 4.69) is 42.1 Å². The van der Waals surface area contributed by atoms with Gasteiger partial charge in [-0.25, -0.2) is 0 Å². The molecule has 0 aromatic rings. The van der Waals surface area contributed by atoms with Crippen LogP contribution in [0.4, 0.5) is 0 Å². The molecule has 0 amide bonds. The van der Waals surface area contributed by atoms with E-state index in [1.807, 2.05) is 0 Å². The number of rotatable bonds is 2. The Bertz CT molecular complexity index is 68.9. The van der Waals surface area contributed by atoms with Crippen molar-refractivity contribution in [2.45, 2.75) is 19.4 Å². The minimum absolute atomic E-state index is 0.338. The first-order valence-electron chi connectivity index (χ1n) is 2.88. The van der Waals surface area contributed by atoms with Crippen LogP contribution in [0, 0.1) is 0 Å². The van der Waals surface area contributed by atoms with Crippen molar-refractivity contribution in [1.29, 1.82) is 0 Å². The van der Waals surface area contributed by atoms with E-state index in [1.165, 1.54) is 0 Å². The van der Waals surface area contributed by atoms with Crippen molar-refractivity contribution < 1.29 is 0 Å². The third-order valence-corrected chi connectivity index (χ3v) is 2.71. The molecule has 0 bridgehead atoms. The summed E-state index contributed by atoms with van der Waals surface area (Å²) in [6.07, 6.45) is 1.12. The minimum atomic E-state index is 0.338. The molecule has 0 aromatic carbocycles. The van der Waals surface area contributed by atoms with Gasteiger partial charge in [-0.2, -0.15) is 0 Å². The highest BCUT2D eigenvalue weighted by atomic mass is 31.0. The lowest BCUT2D eigenvalue weighted by Crippen LogP contribution is -2.39. The van der Waals surface area contributed by atoms with Crippen LogP contribution in [0.5, 0.6) is 0 Å². The quantitative estimate of drug-likeness (QED) is 0.512. The molecule has 0 N–H and O–H groups in total. The highest BCUT2D eigenvalue weighted by Gasteiger charge is 2.16. The van der Waals surface area contributed by atoms with Gasteiger partial charge in [0, 0.05) is 5.54 Å². The molecule has 0 rings (SSSR count). The van der Waals surface area contributed by atoms with Crippen molar-refractivity contribution in [3.63, 3.8) is 0 Å². The number of hydrogen-bond donors (Lipinski definition) is 0. The fourth-order valence-electron chi connectivity index (χ4n) is 0.183. The monoisotopic (exact) mass is 133 g/mol. The fraction of sp³-hybridized carbons (Fsp3) is 1.00. The topological polar surface area (TPSA) is 3.24 Å². The molecule has 0 heterocycles. The van der Waals surface area contributed by atoms with Crippen LogP contribution in [0.1, 0.15) is 13.8 Å². The number of hydrogen-bond acceptors (Lipinski definition) is 1. The van der Waals surface area contributed by atoms with Gasteiger partial charge in [0.15, 0.2) is 0 Å². The summed E-state index contributed by atoms with van der Waals surface area (Å²) in [5.41, 5.74) is 0.338. The van der Waals surface area contributed by atoms with Gasteiger partial charge in [0.1, 0.15) is 0 Å². The molecular formula is C6H16NP. The van der Waals surface area contributed by atoms with Gasteiger partial charge in [-0.15, -0.1) is 9.24 Å². The molecule has 50 valence electrons. The van der Waals surface area contributed by atoms with Crippen LogP contribution >= 0.6 is 9.24 Å². The van der Waals surface area contributed by atoms with Gasteiger partial charge in [-0.05, 0) is 34.1 Å². The molecule has 0 radical (unpaired) electrons.